The summed E-state index contributed by atoms with van der Waals surface area (Å²) in [6.07, 6.45) is -28.2. The number of allylic oxidation sites excluding steroid dienone is 6. The molecule has 288 valence electrons. The third-order valence-electron chi connectivity index (χ3n) is 8.15. The number of nitriles is 6. The van der Waals surface area contributed by atoms with Gasteiger partial charge in [-0.1, -0.05) is 0 Å². The van der Waals surface area contributed by atoms with Crippen LogP contribution in [0.25, 0.3) is 16.7 Å². The van der Waals surface area contributed by atoms with Crippen LogP contribution in [0.5, 0.6) is 0 Å². The van der Waals surface area contributed by atoms with Crippen molar-refractivity contribution in [3.63, 3.8) is 0 Å². The van der Waals surface area contributed by atoms with Crippen molar-refractivity contribution in [1.82, 2.24) is 0 Å². The number of alkyl halides is 15. The topological polar surface area (TPSA) is 143 Å². The lowest BCUT2D eigenvalue weighted by Gasteiger charge is -2.17. The molecular formula is C36H9F15N6. The molecule has 6 nitrogen and oxygen atoms in total. The molecule has 0 unspecified atom stereocenters. The zero-order valence-electron chi connectivity index (χ0n) is 27.3. The molecule has 1 saturated carbocycles. The molecule has 1 aliphatic carbocycles. The first kappa shape index (κ1) is 42.5. The Bertz CT molecular complexity index is 2490. The van der Waals surface area contributed by atoms with Crippen LogP contribution in [0, 0.1) is 74.9 Å². The smallest absolute Gasteiger partial charge is 0.192 e. The minimum absolute atomic E-state index is 0.125. The van der Waals surface area contributed by atoms with Crippen LogP contribution >= 0.6 is 0 Å². The predicted octanol–water partition coefficient (Wildman–Crippen LogP) is 10.9. The SMILES string of the molecule is Cc1cc(C#N)c(C(F)(F)F)cc1C(C#N)=C1C(=C(C#N)c2cc(C(F)(F)F)c(C#N)cc2C(F)(F)F)C1=C(C#N)c1cc(C(F)(F)F)c(C#N)cc1C(F)(F)F. The van der Waals surface area contributed by atoms with Gasteiger partial charge in [0.25, 0.3) is 0 Å². The molecule has 0 spiro atoms. The van der Waals surface area contributed by atoms with Crippen LogP contribution in [0.4, 0.5) is 65.9 Å². The first-order valence-electron chi connectivity index (χ1n) is 14.6. The largest absolute Gasteiger partial charge is 0.417 e. The van der Waals surface area contributed by atoms with E-state index in [2.05, 4.69) is 0 Å². The van der Waals surface area contributed by atoms with E-state index in [1.165, 1.54) is 12.1 Å². The molecule has 4 rings (SSSR count). The zero-order valence-corrected chi connectivity index (χ0v) is 27.3. The fourth-order valence-electron chi connectivity index (χ4n) is 5.73. The quantitative estimate of drug-likeness (QED) is 0.190. The lowest BCUT2D eigenvalue weighted by Crippen LogP contribution is -2.15. The van der Waals surface area contributed by atoms with Crippen LogP contribution < -0.4 is 0 Å². The highest BCUT2D eigenvalue weighted by molar-refractivity contribution is 6.12. The molecule has 0 radical (unpaired) electrons. The highest BCUT2D eigenvalue weighted by Gasteiger charge is 2.48. The molecule has 0 saturated heterocycles. The summed E-state index contributed by atoms with van der Waals surface area (Å²) in [7, 11) is 0. The Kier molecular flexibility index (Phi) is 10.5. The summed E-state index contributed by atoms with van der Waals surface area (Å²) in [6, 6.07) is 5.61. The van der Waals surface area contributed by atoms with Crippen LogP contribution in [0.3, 0.4) is 0 Å². The predicted molar refractivity (Wildman–Crippen MR) is 161 cm³/mol. The number of aryl methyl sites for hydroxylation is 1. The van der Waals surface area contributed by atoms with Gasteiger partial charge < -0.3 is 0 Å². The van der Waals surface area contributed by atoms with Crippen molar-refractivity contribution in [1.29, 1.82) is 31.6 Å². The highest BCUT2D eigenvalue weighted by atomic mass is 19.4. The summed E-state index contributed by atoms with van der Waals surface area (Å²) < 4.78 is 212. The molecule has 1 aliphatic rings. The highest BCUT2D eigenvalue weighted by Crippen LogP contribution is 2.58. The Labute approximate surface area is 308 Å². The van der Waals surface area contributed by atoms with E-state index < -0.39 is 131 Å². The average Bonchev–Trinajstić information content (AvgIpc) is 3.80. The maximum atomic E-state index is 14.4. The summed E-state index contributed by atoms with van der Waals surface area (Å²) in [5.74, 6) is 0. The fourth-order valence-corrected chi connectivity index (χ4v) is 5.73. The molecule has 0 aromatic heterocycles. The van der Waals surface area contributed by atoms with Crippen molar-refractivity contribution in [3.05, 3.63) is 120 Å². The monoisotopic (exact) mass is 810 g/mol. The van der Waals surface area contributed by atoms with Crippen LogP contribution in [0.15, 0.2) is 53.1 Å². The van der Waals surface area contributed by atoms with E-state index in [4.69, 9.17) is 0 Å². The van der Waals surface area contributed by atoms with E-state index in [9.17, 15) is 97.4 Å². The van der Waals surface area contributed by atoms with Crippen molar-refractivity contribution < 1.29 is 65.9 Å². The summed E-state index contributed by atoms with van der Waals surface area (Å²) in [6.45, 7) is 0.954. The first-order chi connectivity index (χ1) is 26.1. The molecule has 57 heavy (non-hydrogen) atoms. The van der Waals surface area contributed by atoms with E-state index in [1.54, 1.807) is 0 Å². The van der Waals surface area contributed by atoms with Gasteiger partial charge in [-0.2, -0.15) is 97.4 Å². The zero-order chi connectivity index (χ0) is 43.4. The van der Waals surface area contributed by atoms with Crippen molar-refractivity contribution >= 4 is 16.7 Å². The normalized spacial score (nSPS) is 14.9. The van der Waals surface area contributed by atoms with E-state index in [-0.39, 0.29) is 30.3 Å². The van der Waals surface area contributed by atoms with Crippen molar-refractivity contribution in [2.24, 2.45) is 0 Å². The Balaban J connectivity index is 2.43. The van der Waals surface area contributed by atoms with Gasteiger partial charge in [-0.15, -0.1) is 0 Å². The Hall–Kier alpha value is -7.23. The van der Waals surface area contributed by atoms with Gasteiger partial charge >= 0.3 is 30.9 Å². The summed E-state index contributed by atoms with van der Waals surface area (Å²) in [5.41, 5.74) is -27.9. The number of nitrogens with zero attached hydrogens (tertiary/aromatic N) is 6. The second-order valence-electron chi connectivity index (χ2n) is 11.5. The fraction of sp³-hybridized carbons (Fsp3) is 0.167. The Morgan fingerprint density at radius 2 is 0.614 bits per heavy atom. The van der Waals surface area contributed by atoms with E-state index >= 15 is 0 Å². The number of rotatable bonds is 3. The number of benzene rings is 3. The molecule has 21 heteroatoms. The van der Waals surface area contributed by atoms with Crippen LogP contribution in [-0.2, 0) is 30.9 Å². The summed E-state index contributed by atoms with van der Waals surface area (Å²) in [5, 5.41) is 58.3. The third kappa shape index (κ3) is 7.82. The van der Waals surface area contributed by atoms with Gasteiger partial charge in [-0.25, -0.2) is 0 Å². The molecule has 1 fully saturated rings. The molecule has 0 N–H and O–H groups in total. The Morgan fingerprint density at radius 1 is 0.368 bits per heavy atom. The second-order valence-corrected chi connectivity index (χ2v) is 11.5. The van der Waals surface area contributed by atoms with E-state index in [0.717, 1.165) is 31.2 Å². The maximum absolute atomic E-state index is 14.4. The van der Waals surface area contributed by atoms with E-state index in [1.807, 2.05) is 0 Å². The molecular weight excluding hydrogens is 801 g/mol. The molecule has 3 aromatic carbocycles. The van der Waals surface area contributed by atoms with Crippen molar-refractivity contribution in [2.75, 3.05) is 0 Å². The van der Waals surface area contributed by atoms with Crippen molar-refractivity contribution in [3.8, 4) is 36.4 Å². The molecule has 0 amide bonds. The molecule has 0 bridgehead atoms. The number of halogens is 15. The minimum Gasteiger partial charge on any atom is -0.192 e. The lowest BCUT2D eigenvalue weighted by atomic mass is 9.91. The third-order valence-corrected chi connectivity index (χ3v) is 8.15. The second kappa shape index (κ2) is 14.1. The number of hydrogen-bond acceptors (Lipinski definition) is 6. The number of hydrogen-bond donors (Lipinski definition) is 0. The van der Waals surface area contributed by atoms with Crippen LogP contribution in [0.1, 0.15) is 66.8 Å². The molecule has 0 aliphatic heterocycles. The average molecular weight is 810 g/mol. The maximum Gasteiger partial charge on any atom is 0.417 e. The van der Waals surface area contributed by atoms with Gasteiger partial charge in [-0.05, 0) is 54.4 Å². The lowest BCUT2D eigenvalue weighted by molar-refractivity contribution is -0.141. The summed E-state index contributed by atoms with van der Waals surface area (Å²) >= 11 is 0. The van der Waals surface area contributed by atoms with Gasteiger partial charge in [-0.3, -0.25) is 0 Å². The minimum atomic E-state index is -5.75. The van der Waals surface area contributed by atoms with Gasteiger partial charge in [0.05, 0.1) is 79.4 Å². The van der Waals surface area contributed by atoms with E-state index in [0.29, 0.717) is 6.07 Å². The standard InChI is InChI=1S/C36H9F15N6/c1-14-2-15(8-52)24(32(37,38)39)5-18(14)21(11-55)29-30(22(12-56)19-6-25(33(40,41)42)16(9-53)3-27(19)35(46,47)48)31(29)23(13-57)20-7-26(34(43,44)45)17(10-54)4-28(20)36(49,50)51/h2-7H,1H3. The molecule has 3 aromatic rings. The molecule has 0 atom stereocenters. The van der Waals surface area contributed by atoms with Crippen LogP contribution in [-0.4, -0.2) is 0 Å². The van der Waals surface area contributed by atoms with Gasteiger partial charge in [0, 0.05) is 27.8 Å². The van der Waals surface area contributed by atoms with Gasteiger partial charge in [0.1, 0.15) is 18.2 Å². The molecule has 0 heterocycles. The van der Waals surface area contributed by atoms with Gasteiger partial charge in [0.15, 0.2) is 0 Å². The first-order valence-corrected chi connectivity index (χ1v) is 14.6. The van der Waals surface area contributed by atoms with Crippen LogP contribution in [0.2, 0.25) is 0 Å². The van der Waals surface area contributed by atoms with Crippen molar-refractivity contribution in [2.45, 2.75) is 37.8 Å². The Morgan fingerprint density at radius 3 is 0.860 bits per heavy atom. The van der Waals surface area contributed by atoms with Gasteiger partial charge in [0.2, 0.25) is 0 Å². The summed E-state index contributed by atoms with van der Waals surface area (Å²) in [4.78, 5) is 0.